The second-order valence-corrected chi connectivity index (χ2v) is 7.69. The van der Waals surface area contributed by atoms with Crippen molar-refractivity contribution in [2.75, 3.05) is 26.7 Å². The number of fused-ring (bicyclic) bond motifs is 1. The Balaban J connectivity index is 0.00000225. The van der Waals surface area contributed by atoms with E-state index in [2.05, 4.69) is 30.7 Å². The number of halogens is 1. The number of guanidine groups is 1. The van der Waals surface area contributed by atoms with Gasteiger partial charge in [-0.25, -0.2) is 0 Å². The van der Waals surface area contributed by atoms with Gasteiger partial charge in [0.25, 0.3) is 0 Å². The van der Waals surface area contributed by atoms with Crippen molar-refractivity contribution in [1.82, 2.24) is 30.1 Å². The number of rotatable bonds is 5. The number of hydrogen-bond donors (Lipinski definition) is 2. The van der Waals surface area contributed by atoms with E-state index in [0.29, 0.717) is 6.04 Å². The fourth-order valence-corrected chi connectivity index (χ4v) is 4.42. The number of nitrogens with one attached hydrogen (secondary N) is 2. The van der Waals surface area contributed by atoms with Crippen LogP contribution in [0.1, 0.15) is 44.3 Å². The molecule has 1 aliphatic heterocycles. The molecule has 0 atom stereocenters. The third-order valence-corrected chi connectivity index (χ3v) is 5.96. The average molecular weight is 497 g/mol. The van der Waals surface area contributed by atoms with Crippen LogP contribution in [-0.2, 0) is 6.42 Å². The molecule has 2 aromatic heterocycles. The minimum Gasteiger partial charge on any atom is -0.356 e. The van der Waals surface area contributed by atoms with Gasteiger partial charge in [-0.3, -0.25) is 9.39 Å². The van der Waals surface area contributed by atoms with Crippen molar-refractivity contribution in [1.29, 1.82) is 0 Å². The molecule has 28 heavy (non-hydrogen) atoms. The highest BCUT2D eigenvalue weighted by atomic mass is 127. The maximum atomic E-state index is 4.40. The lowest BCUT2D eigenvalue weighted by atomic mass is 10.0. The fraction of sp³-hybridized carbons (Fsp3) is 0.650. The second kappa shape index (κ2) is 10.4. The minimum absolute atomic E-state index is 0. The van der Waals surface area contributed by atoms with Crippen molar-refractivity contribution < 1.29 is 0 Å². The summed E-state index contributed by atoms with van der Waals surface area (Å²) in [7, 11) is 1.84. The van der Waals surface area contributed by atoms with Gasteiger partial charge in [-0.1, -0.05) is 18.9 Å². The fourth-order valence-electron chi connectivity index (χ4n) is 4.42. The van der Waals surface area contributed by atoms with Crippen molar-refractivity contribution in [3.8, 4) is 0 Å². The third kappa shape index (κ3) is 5.14. The first-order chi connectivity index (χ1) is 13.3. The standard InChI is InChI=1S/C20H31N7.HI/c1-21-20(22-12-9-19-25-24-18-8-4-5-13-27(18)19)23-16-10-14-26(15-11-16)17-6-2-3-7-17;/h4-5,8,13,16-17H,2-3,6-7,9-12,14-15H2,1H3,(H2,21,22,23);1H. The van der Waals surface area contributed by atoms with Crippen LogP contribution < -0.4 is 10.6 Å². The Labute approximate surface area is 184 Å². The van der Waals surface area contributed by atoms with E-state index in [1.807, 2.05) is 35.8 Å². The molecule has 2 fully saturated rings. The first-order valence-electron chi connectivity index (χ1n) is 10.3. The van der Waals surface area contributed by atoms with Gasteiger partial charge in [-0.15, -0.1) is 34.2 Å². The van der Waals surface area contributed by atoms with Gasteiger partial charge in [0, 0.05) is 51.4 Å². The van der Waals surface area contributed by atoms with E-state index in [1.165, 1.54) is 51.6 Å². The molecule has 0 unspecified atom stereocenters. The molecule has 4 rings (SSSR count). The van der Waals surface area contributed by atoms with Gasteiger partial charge in [-0.05, 0) is 37.8 Å². The number of nitrogens with zero attached hydrogens (tertiary/aromatic N) is 5. The Morgan fingerprint density at radius 2 is 1.93 bits per heavy atom. The Kier molecular flexibility index (Phi) is 7.90. The summed E-state index contributed by atoms with van der Waals surface area (Å²) in [6, 6.07) is 7.33. The van der Waals surface area contributed by atoms with E-state index in [-0.39, 0.29) is 24.0 Å². The number of likely N-dealkylation sites (tertiary alicyclic amines) is 1. The summed E-state index contributed by atoms with van der Waals surface area (Å²) in [4.78, 5) is 7.10. The summed E-state index contributed by atoms with van der Waals surface area (Å²) >= 11 is 0. The zero-order valence-electron chi connectivity index (χ0n) is 16.7. The summed E-state index contributed by atoms with van der Waals surface area (Å²) in [6.45, 7) is 3.21. The quantitative estimate of drug-likeness (QED) is 0.378. The smallest absolute Gasteiger partial charge is 0.191 e. The summed E-state index contributed by atoms with van der Waals surface area (Å²) in [5, 5.41) is 15.5. The molecule has 0 spiro atoms. The van der Waals surface area contributed by atoms with Crippen molar-refractivity contribution in [2.24, 2.45) is 4.99 Å². The number of piperidine rings is 1. The molecule has 8 heteroatoms. The number of pyridine rings is 1. The van der Waals surface area contributed by atoms with Crippen LogP contribution in [0.3, 0.4) is 0 Å². The first-order valence-corrected chi connectivity index (χ1v) is 10.3. The topological polar surface area (TPSA) is 69.8 Å². The van der Waals surface area contributed by atoms with Crippen LogP contribution >= 0.6 is 24.0 Å². The maximum Gasteiger partial charge on any atom is 0.191 e. The molecule has 0 aromatic carbocycles. The molecule has 7 nitrogen and oxygen atoms in total. The van der Waals surface area contributed by atoms with E-state index in [4.69, 9.17) is 0 Å². The lowest BCUT2D eigenvalue weighted by Crippen LogP contribution is -2.50. The lowest BCUT2D eigenvalue weighted by molar-refractivity contribution is 0.150. The Morgan fingerprint density at radius 3 is 2.68 bits per heavy atom. The molecule has 2 aliphatic rings. The Bertz CT molecular complexity index is 761. The molecule has 3 heterocycles. The molecule has 1 saturated heterocycles. The molecule has 1 aliphatic carbocycles. The van der Waals surface area contributed by atoms with Gasteiger partial charge in [-0.2, -0.15) is 0 Å². The van der Waals surface area contributed by atoms with Crippen LogP contribution in [0.4, 0.5) is 0 Å². The van der Waals surface area contributed by atoms with E-state index < -0.39 is 0 Å². The zero-order chi connectivity index (χ0) is 18.5. The second-order valence-electron chi connectivity index (χ2n) is 7.69. The minimum atomic E-state index is 0. The third-order valence-electron chi connectivity index (χ3n) is 5.96. The number of aromatic nitrogens is 3. The normalized spacial score (nSPS) is 19.7. The molecule has 0 amide bonds. The molecule has 2 aromatic rings. The Morgan fingerprint density at radius 1 is 1.14 bits per heavy atom. The van der Waals surface area contributed by atoms with Crippen LogP contribution in [0.2, 0.25) is 0 Å². The molecular formula is C20H32IN7. The van der Waals surface area contributed by atoms with Gasteiger partial charge in [0.05, 0.1) is 0 Å². The molecular weight excluding hydrogens is 465 g/mol. The molecule has 154 valence electrons. The van der Waals surface area contributed by atoms with Crippen LogP contribution in [0.25, 0.3) is 5.65 Å². The summed E-state index contributed by atoms with van der Waals surface area (Å²) in [5.74, 6) is 1.86. The van der Waals surface area contributed by atoms with Gasteiger partial charge < -0.3 is 15.5 Å². The molecule has 0 radical (unpaired) electrons. The SMILES string of the molecule is CN=C(NCCc1nnc2ccccn12)NC1CCN(C2CCCC2)CC1.I. The number of aliphatic imine (C=N–C) groups is 1. The van der Waals surface area contributed by atoms with Crippen molar-refractivity contribution in [2.45, 2.75) is 57.0 Å². The highest BCUT2D eigenvalue weighted by Gasteiger charge is 2.27. The van der Waals surface area contributed by atoms with Gasteiger partial charge in [0.15, 0.2) is 11.6 Å². The molecule has 1 saturated carbocycles. The maximum absolute atomic E-state index is 4.40. The van der Waals surface area contributed by atoms with E-state index in [0.717, 1.165) is 36.4 Å². The summed E-state index contributed by atoms with van der Waals surface area (Å²) < 4.78 is 2.04. The summed E-state index contributed by atoms with van der Waals surface area (Å²) in [5.41, 5.74) is 0.893. The van der Waals surface area contributed by atoms with Crippen LogP contribution in [0, 0.1) is 0 Å². The van der Waals surface area contributed by atoms with Crippen LogP contribution in [0.15, 0.2) is 29.4 Å². The zero-order valence-corrected chi connectivity index (χ0v) is 19.0. The average Bonchev–Trinajstić information content (AvgIpc) is 3.38. The highest BCUT2D eigenvalue weighted by molar-refractivity contribution is 14.0. The van der Waals surface area contributed by atoms with Crippen LogP contribution in [-0.4, -0.2) is 64.2 Å². The van der Waals surface area contributed by atoms with Crippen molar-refractivity contribution in [3.63, 3.8) is 0 Å². The van der Waals surface area contributed by atoms with Gasteiger partial charge >= 0.3 is 0 Å². The number of hydrogen-bond acceptors (Lipinski definition) is 4. The van der Waals surface area contributed by atoms with Crippen LogP contribution in [0.5, 0.6) is 0 Å². The van der Waals surface area contributed by atoms with Gasteiger partial charge in [0.2, 0.25) is 0 Å². The van der Waals surface area contributed by atoms with E-state index in [9.17, 15) is 0 Å². The monoisotopic (exact) mass is 497 g/mol. The first kappa shape index (κ1) is 21.3. The summed E-state index contributed by atoms with van der Waals surface area (Å²) in [6.07, 6.45) is 10.9. The predicted molar refractivity (Wildman–Crippen MR) is 123 cm³/mol. The molecule has 2 N–H and O–H groups in total. The molecule has 0 bridgehead atoms. The van der Waals surface area contributed by atoms with E-state index in [1.54, 1.807) is 0 Å². The highest BCUT2D eigenvalue weighted by Crippen LogP contribution is 2.26. The van der Waals surface area contributed by atoms with Gasteiger partial charge in [0.1, 0.15) is 5.82 Å². The van der Waals surface area contributed by atoms with Crippen molar-refractivity contribution in [3.05, 3.63) is 30.2 Å². The van der Waals surface area contributed by atoms with Crippen molar-refractivity contribution >= 4 is 35.6 Å². The van der Waals surface area contributed by atoms with E-state index >= 15 is 0 Å². The largest absolute Gasteiger partial charge is 0.356 e. The lowest BCUT2D eigenvalue weighted by Gasteiger charge is -2.36. The Hall–Kier alpha value is -1.42. The predicted octanol–water partition coefficient (Wildman–Crippen LogP) is 2.46.